The average Bonchev–Trinajstić information content (AvgIpc) is 3.19. The molecule has 1 aromatic heterocycles. The molecule has 0 fully saturated rings. The number of carbonyl (C=O) groups excluding carboxylic acids is 1. The number of hydrogen-bond acceptors (Lipinski definition) is 4. The molecule has 9 heteroatoms. The third kappa shape index (κ3) is 4.76. The number of para-hydroxylation sites is 1. The maximum atomic E-state index is 13.1. The first-order chi connectivity index (χ1) is 15.8. The van der Waals surface area contributed by atoms with E-state index in [4.69, 9.17) is 11.6 Å². The van der Waals surface area contributed by atoms with E-state index in [-0.39, 0.29) is 10.5 Å². The van der Waals surface area contributed by atoms with Gasteiger partial charge in [0.05, 0.1) is 22.0 Å². The van der Waals surface area contributed by atoms with E-state index in [0.717, 1.165) is 0 Å². The molecule has 1 N–H and O–H groups in total. The van der Waals surface area contributed by atoms with Gasteiger partial charge in [0, 0.05) is 23.7 Å². The van der Waals surface area contributed by atoms with E-state index < -0.39 is 15.9 Å². The Balaban J connectivity index is 1.62. The molecule has 33 heavy (non-hydrogen) atoms. The monoisotopic (exact) mass is 480 g/mol. The summed E-state index contributed by atoms with van der Waals surface area (Å²) >= 11 is 6.10. The van der Waals surface area contributed by atoms with E-state index in [1.54, 1.807) is 65.3 Å². The van der Waals surface area contributed by atoms with E-state index in [9.17, 15) is 13.2 Å². The van der Waals surface area contributed by atoms with Crippen LogP contribution < -0.4 is 9.62 Å². The summed E-state index contributed by atoms with van der Waals surface area (Å²) in [4.78, 5) is 13.0. The zero-order valence-corrected chi connectivity index (χ0v) is 19.5. The maximum absolute atomic E-state index is 13.1. The Morgan fingerprint density at radius 1 is 0.970 bits per heavy atom. The van der Waals surface area contributed by atoms with Crippen LogP contribution in [0, 0.1) is 6.92 Å². The lowest BCUT2D eigenvalue weighted by atomic mass is 10.2. The Bertz CT molecular complexity index is 1420. The molecule has 7 nitrogen and oxygen atoms in total. The summed E-state index contributed by atoms with van der Waals surface area (Å²) < 4.78 is 29.0. The Kier molecular flexibility index (Phi) is 6.22. The molecule has 4 rings (SSSR count). The minimum Gasteiger partial charge on any atom is -0.306 e. The Labute approximate surface area is 197 Å². The van der Waals surface area contributed by atoms with Crippen molar-refractivity contribution < 1.29 is 13.2 Å². The molecule has 1 amide bonds. The van der Waals surface area contributed by atoms with Gasteiger partial charge in [-0.25, -0.2) is 13.1 Å². The van der Waals surface area contributed by atoms with Crippen molar-refractivity contribution in [3.63, 3.8) is 0 Å². The molecule has 168 valence electrons. The Morgan fingerprint density at radius 3 is 2.42 bits per heavy atom. The molecule has 0 bridgehead atoms. The number of nitrogens with one attached hydrogen (secondary N) is 1. The normalized spacial score (nSPS) is 11.2. The second kappa shape index (κ2) is 9.09. The number of amides is 1. The van der Waals surface area contributed by atoms with Crippen molar-refractivity contribution in [3.8, 4) is 5.69 Å². The molecule has 0 saturated carbocycles. The molecule has 0 aliphatic carbocycles. The second-order valence-corrected chi connectivity index (χ2v) is 9.76. The molecule has 4 aromatic rings. The van der Waals surface area contributed by atoms with Crippen LogP contribution in [0.5, 0.6) is 0 Å². The molecule has 0 spiro atoms. The molecule has 0 aliphatic heterocycles. The standard InChI is InChI=1S/C24H21ClN4O3S/c1-17-14-23(29(27-17)21-12-7-9-19(25)16-21)26-24(30)18-8-6-13-22(15-18)33(31,32)28(2)20-10-4-3-5-11-20/h3-16H,1-2H3,(H,26,30). The number of carbonyl (C=O) groups is 1. The quantitative estimate of drug-likeness (QED) is 0.425. The van der Waals surface area contributed by atoms with Crippen LogP contribution in [0.4, 0.5) is 11.5 Å². The summed E-state index contributed by atoms with van der Waals surface area (Å²) in [5.74, 6) is -0.0213. The van der Waals surface area contributed by atoms with Crippen LogP contribution >= 0.6 is 11.6 Å². The van der Waals surface area contributed by atoms with Crippen molar-refractivity contribution in [2.75, 3.05) is 16.7 Å². The number of sulfonamides is 1. The van der Waals surface area contributed by atoms with Crippen LogP contribution in [0.25, 0.3) is 5.69 Å². The predicted octanol–water partition coefficient (Wildman–Crippen LogP) is 4.91. The molecule has 0 radical (unpaired) electrons. The van der Waals surface area contributed by atoms with Gasteiger partial charge in [-0.15, -0.1) is 0 Å². The van der Waals surface area contributed by atoms with Gasteiger partial charge in [-0.1, -0.05) is 41.9 Å². The first kappa shape index (κ1) is 22.6. The fraction of sp³-hybridized carbons (Fsp3) is 0.0833. The number of rotatable bonds is 6. The lowest BCUT2D eigenvalue weighted by Crippen LogP contribution is -2.26. The third-order valence-electron chi connectivity index (χ3n) is 5.00. The molecule has 0 atom stereocenters. The summed E-state index contributed by atoms with van der Waals surface area (Å²) in [6.07, 6.45) is 0. The van der Waals surface area contributed by atoms with E-state index in [0.29, 0.717) is 27.9 Å². The van der Waals surface area contributed by atoms with Crippen molar-refractivity contribution in [1.82, 2.24) is 9.78 Å². The number of nitrogens with zero attached hydrogens (tertiary/aromatic N) is 3. The minimum absolute atomic E-state index is 0.0148. The fourth-order valence-electron chi connectivity index (χ4n) is 3.31. The van der Waals surface area contributed by atoms with Crippen LogP contribution in [0.15, 0.2) is 89.8 Å². The molecular formula is C24H21ClN4O3S. The van der Waals surface area contributed by atoms with Gasteiger partial charge in [-0.05, 0) is 55.5 Å². The number of benzene rings is 3. The van der Waals surface area contributed by atoms with Gasteiger partial charge in [-0.3, -0.25) is 9.10 Å². The highest BCUT2D eigenvalue weighted by molar-refractivity contribution is 7.92. The molecule has 3 aromatic carbocycles. The first-order valence-electron chi connectivity index (χ1n) is 10.0. The van der Waals surface area contributed by atoms with Gasteiger partial charge < -0.3 is 5.32 Å². The number of anilines is 2. The summed E-state index contributed by atoms with van der Waals surface area (Å²) in [5.41, 5.74) is 2.11. The summed E-state index contributed by atoms with van der Waals surface area (Å²) in [5, 5.41) is 7.78. The molecule has 0 aliphatic rings. The van der Waals surface area contributed by atoms with Crippen molar-refractivity contribution in [1.29, 1.82) is 0 Å². The van der Waals surface area contributed by atoms with E-state index >= 15 is 0 Å². The van der Waals surface area contributed by atoms with Crippen molar-refractivity contribution >= 4 is 39.0 Å². The van der Waals surface area contributed by atoms with E-state index in [1.165, 1.54) is 23.5 Å². The Hall–Kier alpha value is -3.62. The molecular weight excluding hydrogens is 460 g/mol. The molecule has 0 unspecified atom stereocenters. The van der Waals surface area contributed by atoms with Crippen molar-refractivity contribution in [2.24, 2.45) is 0 Å². The summed E-state index contributed by atoms with van der Waals surface area (Å²) in [6.45, 7) is 1.81. The summed E-state index contributed by atoms with van der Waals surface area (Å²) in [6, 6.07) is 23.5. The fourth-order valence-corrected chi connectivity index (χ4v) is 4.74. The number of aryl methyl sites for hydroxylation is 1. The van der Waals surface area contributed by atoms with Gasteiger partial charge in [0.25, 0.3) is 15.9 Å². The third-order valence-corrected chi connectivity index (χ3v) is 7.02. The lowest BCUT2D eigenvalue weighted by Gasteiger charge is -2.19. The van der Waals surface area contributed by atoms with Crippen molar-refractivity contribution in [2.45, 2.75) is 11.8 Å². The van der Waals surface area contributed by atoms with Crippen molar-refractivity contribution in [3.05, 3.63) is 101 Å². The van der Waals surface area contributed by atoms with Gasteiger partial charge in [0.15, 0.2) is 0 Å². The second-order valence-electron chi connectivity index (χ2n) is 7.35. The highest BCUT2D eigenvalue weighted by Crippen LogP contribution is 2.24. The Morgan fingerprint density at radius 2 is 1.70 bits per heavy atom. The average molecular weight is 481 g/mol. The van der Waals surface area contributed by atoms with Gasteiger partial charge in [-0.2, -0.15) is 5.10 Å². The zero-order chi connectivity index (χ0) is 23.6. The van der Waals surface area contributed by atoms with Crippen LogP contribution in [-0.4, -0.2) is 31.2 Å². The van der Waals surface area contributed by atoms with Gasteiger partial charge in [0.1, 0.15) is 5.82 Å². The number of hydrogen-bond donors (Lipinski definition) is 1. The van der Waals surface area contributed by atoms with E-state index in [1.807, 2.05) is 19.1 Å². The van der Waals surface area contributed by atoms with Crippen LogP contribution in [0.3, 0.4) is 0 Å². The number of aromatic nitrogens is 2. The SMILES string of the molecule is Cc1cc(NC(=O)c2cccc(S(=O)(=O)N(C)c3ccccc3)c2)n(-c2cccc(Cl)c2)n1. The molecule has 0 saturated heterocycles. The van der Waals surface area contributed by atoms with E-state index in [2.05, 4.69) is 10.4 Å². The smallest absolute Gasteiger partial charge is 0.264 e. The maximum Gasteiger partial charge on any atom is 0.264 e. The molecule has 1 heterocycles. The van der Waals surface area contributed by atoms with Crippen LogP contribution in [-0.2, 0) is 10.0 Å². The van der Waals surface area contributed by atoms with Gasteiger partial charge in [0.2, 0.25) is 0 Å². The van der Waals surface area contributed by atoms with Crippen LogP contribution in [0.1, 0.15) is 16.1 Å². The number of halogens is 1. The van der Waals surface area contributed by atoms with Crippen LogP contribution in [0.2, 0.25) is 5.02 Å². The first-order valence-corrected chi connectivity index (χ1v) is 11.9. The van der Waals surface area contributed by atoms with Gasteiger partial charge >= 0.3 is 0 Å². The highest BCUT2D eigenvalue weighted by atomic mass is 35.5. The lowest BCUT2D eigenvalue weighted by molar-refractivity contribution is 0.102. The predicted molar refractivity (Wildman–Crippen MR) is 130 cm³/mol. The largest absolute Gasteiger partial charge is 0.306 e. The summed E-state index contributed by atoms with van der Waals surface area (Å²) in [7, 11) is -2.38. The minimum atomic E-state index is -3.85. The highest BCUT2D eigenvalue weighted by Gasteiger charge is 2.23. The topological polar surface area (TPSA) is 84.3 Å². The zero-order valence-electron chi connectivity index (χ0n) is 17.9.